The fourth-order valence-electron chi connectivity index (χ4n) is 3.42. The Labute approximate surface area is 126 Å². The third kappa shape index (κ3) is 4.04. The molecule has 0 aromatic carbocycles. The number of rotatable bonds is 4. The second-order valence-electron chi connectivity index (χ2n) is 9.39. The van der Waals surface area contributed by atoms with E-state index in [9.17, 15) is 0 Å². The molecule has 1 aliphatic rings. The summed E-state index contributed by atoms with van der Waals surface area (Å²) in [6.07, 6.45) is 1.25. The molecule has 0 aliphatic carbocycles. The van der Waals surface area contributed by atoms with Gasteiger partial charge in [0.2, 0.25) is 0 Å². The quantitative estimate of drug-likeness (QED) is 0.712. The summed E-state index contributed by atoms with van der Waals surface area (Å²) in [4.78, 5) is 0. The Bertz CT molecular complexity index is 302. The third-order valence-corrected chi connectivity index (χ3v) is 12.6. The Morgan fingerprint density at radius 2 is 1.11 bits per heavy atom. The minimum Gasteiger partial charge on any atom is -0.354 e. The largest absolute Gasteiger partial charge is 0.354 e. The van der Waals surface area contributed by atoms with Gasteiger partial charge in [-0.25, -0.2) is 0 Å². The molecule has 0 spiro atoms. The van der Waals surface area contributed by atoms with Crippen molar-refractivity contribution >= 4 is 37.3 Å². The molecule has 0 aromatic rings. The lowest BCUT2D eigenvalue weighted by molar-refractivity contribution is 0.504. The van der Waals surface area contributed by atoms with Gasteiger partial charge in [0.1, 0.15) is 16.5 Å². The zero-order valence-electron chi connectivity index (χ0n) is 14.9. The first-order valence-electron chi connectivity index (χ1n) is 7.67. The minimum absolute atomic E-state index is 0.322. The van der Waals surface area contributed by atoms with Crippen LogP contribution in [0.1, 0.15) is 27.7 Å². The predicted octanol–water partition coefficient (Wildman–Crippen LogP) is 3.80. The maximum Gasteiger partial charge on any atom is 0.111 e. The van der Waals surface area contributed by atoms with Gasteiger partial charge in [-0.1, -0.05) is 84.0 Å². The fourth-order valence-corrected chi connectivity index (χ4v) is 13.0. The van der Waals surface area contributed by atoms with Gasteiger partial charge in [0.25, 0.3) is 0 Å². The van der Waals surface area contributed by atoms with Crippen molar-refractivity contribution in [2.24, 2.45) is 0 Å². The first-order valence-corrected chi connectivity index (χ1v) is 14.6. The van der Waals surface area contributed by atoms with Crippen LogP contribution >= 0.6 is 0 Å². The van der Waals surface area contributed by atoms with Gasteiger partial charge in [-0.3, -0.25) is 0 Å². The van der Waals surface area contributed by atoms with Gasteiger partial charge in [0.05, 0.1) is 20.8 Å². The van der Waals surface area contributed by atoms with Crippen LogP contribution in [0, 0.1) is 0 Å². The Morgan fingerprint density at radius 3 is 1.37 bits per heavy atom. The molecule has 0 aromatic heterocycles. The van der Waals surface area contributed by atoms with Gasteiger partial charge in [0.15, 0.2) is 0 Å². The molecule has 2 radical (unpaired) electrons. The van der Waals surface area contributed by atoms with Crippen LogP contribution < -0.4 is 0 Å². The highest BCUT2D eigenvalue weighted by atomic mass is 28.4. The summed E-state index contributed by atoms with van der Waals surface area (Å²) in [5.41, 5.74) is 0. The van der Waals surface area contributed by atoms with Gasteiger partial charge >= 0.3 is 0 Å². The molecule has 0 amide bonds. The molecule has 0 unspecified atom stereocenters. The number of hydrogen-bond donors (Lipinski definition) is 0. The van der Waals surface area contributed by atoms with E-state index in [1.54, 1.807) is 0 Å². The summed E-state index contributed by atoms with van der Waals surface area (Å²) < 4.78 is 2.91. The van der Waals surface area contributed by atoms with E-state index in [4.69, 9.17) is 0 Å². The molecule has 0 atom stereocenters. The summed E-state index contributed by atoms with van der Waals surface area (Å²) in [7, 11) is 2.74. The minimum atomic E-state index is -1.23. The van der Waals surface area contributed by atoms with Crippen LogP contribution in [0.2, 0.25) is 49.9 Å². The molecule has 1 saturated heterocycles. The molecule has 19 heavy (non-hydrogen) atoms. The summed E-state index contributed by atoms with van der Waals surface area (Å²) in [6.45, 7) is 25.2. The highest BCUT2D eigenvalue weighted by molar-refractivity contribution is 7.43. The lowest BCUT2D eigenvalue weighted by Gasteiger charge is -2.45. The second kappa shape index (κ2) is 5.10. The lowest BCUT2D eigenvalue weighted by atomic mass is 9.06. The topological polar surface area (TPSA) is 3.24 Å². The molecule has 1 aliphatic heterocycles. The second-order valence-corrected chi connectivity index (χ2v) is 19.6. The predicted molar refractivity (Wildman–Crippen MR) is 98.7 cm³/mol. The fraction of sp³-hybridized carbons (Fsp3) is 1.00. The van der Waals surface area contributed by atoms with E-state index in [2.05, 4.69) is 85.5 Å². The highest BCUT2D eigenvalue weighted by Gasteiger charge is 2.49. The van der Waals surface area contributed by atoms with Gasteiger partial charge in [-0.2, -0.15) is 0 Å². The number of nitrogens with zero attached hydrogens (tertiary/aromatic N) is 1. The molecular weight excluding hydrogens is 259 g/mol. The zero-order chi connectivity index (χ0) is 15.3. The van der Waals surface area contributed by atoms with E-state index < -0.39 is 16.5 Å². The molecule has 1 fully saturated rings. The smallest absolute Gasteiger partial charge is 0.111 e. The lowest BCUT2D eigenvalue weighted by Crippen LogP contribution is -2.63. The van der Waals surface area contributed by atoms with Gasteiger partial charge < -0.3 is 4.23 Å². The van der Waals surface area contributed by atoms with Gasteiger partial charge in [0, 0.05) is 0 Å². The van der Waals surface area contributed by atoms with Crippen LogP contribution in [0.5, 0.6) is 0 Å². The molecule has 6 heteroatoms. The first-order chi connectivity index (χ1) is 8.17. The van der Waals surface area contributed by atoms with E-state index >= 15 is 0 Å². The Morgan fingerprint density at radius 1 is 0.789 bits per heavy atom. The monoisotopic (exact) mass is 291 g/mol. The molecule has 0 bridgehead atoms. The highest BCUT2D eigenvalue weighted by Crippen LogP contribution is 2.54. The standard InChI is InChI=1S/C13H32B3NSi2/c1-12(2)13(3,4)15-16(14-12)11-17(18(5,6)7)19(8,9)10/h11H2,1-10H3. The van der Waals surface area contributed by atoms with Crippen molar-refractivity contribution in [3.05, 3.63) is 0 Å². The van der Waals surface area contributed by atoms with Crippen molar-refractivity contribution in [2.75, 3.05) is 6.44 Å². The summed E-state index contributed by atoms with van der Waals surface area (Å²) in [5, 5.41) is 0.643. The molecule has 106 valence electrons. The van der Waals surface area contributed by atoms with E-state index in [1.807, 2.05) is 0 Å². The van der Waals surface area contributed by atoms with Crippen LogP contribution in [0.3, 0.4) is 0 Å². The Balaban J connectivity index is 2.85. The van der Waals surface area contributed by atoms with Crippen LogP contribution in [0.4, 0.5) is 0 Å². The number of hydrogen-bond acceptors (Lipinski definition) is 1. The molecular formula is C13H32B3NSi2. The van der Waals surface area contributed by atoms with E-state index in [1.165, 1.54) is 6.44 Å². The molecule has 1 rings (SSSR count). The van der Waals surface area contributed by atoms with Gasteiger partial charge in [-0.15, -0.1) is 0 Å². The van der Waals surface area contributed by atoms with E-state index in [-0.39, 0.29) is 0 Å². The maximum atomic E-state index is 2.91. The summed E-state index contributed by atoms with van der Waals surface area (Å²) in [5.74, 6) is 0. The van der Waals surface area contributed by atoms with Crippen molar-refractivity contribution in [2.45, 2.75) is 77.6 Å². The van der Waals surface area contributed by atoms with E-state index in [0.29, 0.717) is 17.1 Å². The summed E-state index contributed by atoms with van der Waals surface area (Å²) >= 11 is 0. The summed E-state index contributed by atoms with van der Waals surface area (Å²) in [6, 6.07) is 0. The average Bonchev–Trinajstić information content (AvgIpc) is 2.27. The van der Waals surface area contributed by atoms with Crippen LogP contribution in [-0.2, 0) is 0 Å². The Hall–Kier alpha value is 0.589. The average molecular weight is 291 g/mol. The van der Waals surface area contributed by atoms with Gasteiger partial charge in [-0.05, 0) is 0 Å². The van der Waals surface area contributed by atoms with Crippen LogP contribution in [0.25, 0.3) is 0 Å². The van der Waals surface area contributed by atoms with Crippen molar-refractivity contribution in [1.29, 1.82) is 0 Å². The van der Waals surface area contributed by atoms with Crippen molar-refractivity contribution in [1.82, 2.24) is 4.23 Å². The third-order valence-electron chi connectivity index (χ3n) is 4.94. The maximum absolute atomic E-state index is 2.91. The molecule has 1 nitrogen and oxygen atoms in total. The Kier molecular flexibility index (Phi) is 4.73. The normalized spacial score (nSPS) is 22.4. The van der Waals surface area contributed by atoms with Crippen LogP contribution in [-0.4, -0.2) is 48.0 Å². The molecule has 1 heterocycles. The van der Waals surface area contributed by atoms with E-state index in [0.717, 1.165) is 0 Å². The van der Waals surface area contributed by atoms with Crippen molar-refractivity contribution < 1.29 is 0 Å². The molecule has 0 N–H and O–H groups in total. The SMILES string of the molecule is CC1(C)[B]B(CN([Si](C)(C)C)[Si](C)(C)C)[B]C1(C)C. The first kappa shape index (κ1) is 17.6. The molecule has 0 saturated carbocycles. The van der Waals surface area contributed by atoms with Crippen molar-refractivity contribution in [3.63, 3.8) is 0 Å². The zero-order valence-corrected chi connectivity index (χ0v) is 16.9. The van der Waals surface area contributed by atoms with Crippen molar-refractivity contribution in [3.8, 4) is 0 Å². The van der Waals surface area contributed by atoms with Crippen LogP contribution in [0.15, 0.2) is 0 Å².